The van der Waals surface area contributed by atoms with Crippen LogP contribution < -0.4 is 10.6 Å². The molecular formula is C18H23N3O5S. The van der Waals surface area contributed by atoms with E-state index in [1.165, 1.54) is 7.11 Å². The number of amides is 2. The zero-order valence-electron chi connectivity index (χ0n) is 15.3. The molecule has 2 rings (SSSR count). The maximum absolute atomic E-state index is 12.5. The molecule has 0 aliphatic carbocycles. The van der Waals surface area contributed by atoms with Gasteiger partial charge in [0, 0.05) is 25.8 Å². The summed E-state index contributed by atoms with van der Waals surface area (Å²) in [5.41, 5.74) is 1.31. The van der Waals surface area contributed by atoms with Crippen LogP contribution in [0.1, 0.15) is 22.3 Å². The quantitative estimate of drug-likeness (QED) is 0.410. The first kappa shape index (κ1) is 20.8. The summed E-state index contributed by atoms with van der Waals surface area (Å²) in [7, 11) is 1.50. The standard InChI is InChI=1S/C18H23N3O5S/c1-12-5-3-4-6-13(12)16(23)20-18(27)21-8-7-19-17(24)14(21)11-15(22)26-10-9-25-2/h3-6,14H,7-11H2,1-2H3,(H,19,24)(H,20,23,27). The molecule has 2 amide bonds. The summed E-state index contributed by atoms with van der Waals surface area (Å²) < 4.78 is 9.85. The Balaban J connectivity index is 2.03. The van der Waals surface area contributed by atoms with Crippen molar-refractivity contribution in [3.63, 3.8) is 0 Å². The lowest BCUT2D eigenvalue weighted by atomic mass is 10.1. The number of ether oxygens (including phenoxy) is 2. The molecule has 1 aliphatic rings. The van der Waals surface area contributed by atoms with Crippen molar-refractivity contribution in [1.29, 1.82) is 0 Å². The van der Waals surface area contributed by atoms with Crippen LogP contribution in [0.15, 0.2) is 24.3 Å². The fourth-order valence-corrected chi connectivity index (χ4v) is 2.99. The number of hydrogen-bond donors (Lipinski definition) is 2. The van der Waals surface area contributed by atoms with Crippen molar-refractivity contribution in [3.8, 4) is 0 Å². The number of carbonyl (C=O) groups excluding carboxylic acids is 3. The Bertz CT molecular complexity index is 725. The molecule has 1 aromatic carbocycles. The summed E-state index contributed by atoms with van der Waals surface area (Å²) in [4.78, 5) is 38.2. The molecule has 1 fully saturated rings. The SMILES string of the molecule is COCCOC(=O)CC1C(=O)NCCN1C(=S)NC(=O)c1ccccc1C. The molecule has 27 heavy (non-hydrogen) atoms. The van der Waals surface area contributed by atoms with Gasteiger partial charge in [0.05, 0.1) is 13.0 Å². The van der Waals surface area contributed by atoms with Gasteiger partial charge in [0.15, 0.2) is 5.11 Å². The third-order valence-corrected chi connectivity index (χ3v) is 4.45. The van der Waals surface area contributed by atoms with E-state index in [9.17, 15) is 14.4 Å². The lowest BCUT2D eigenvalue weighted by molar-refractivity contribution is -0.148. The molecule has 1 unspecified atom stereocenters. The second-order valence-electron chi connectivity index (χ2n) is 5.99. The minimum Gasteiger partial charge on any atom is -0.463 e. The van der Waals surface area contributed by atoms with E-state index in [0.717, 1.165) is 5.56 Å². The minimum atomic E-state index is -0.835. The highest BCUT2D eigenvalue weighted by molar-refractivity contribution is 7.80. The summed E-state index contributed by atoms with van der Waals surface area (Å²) in [6, 6.07) is 6.29. The number of aryl methyl sites for hydroxylation is 1. The van der Waals surface area contributed by atoms with Crippen molar-refractivity contribution >= 4 is 35.1 Å². The number of nitrogens with one attached hydrogen (secondary N) is 2. The number of carbonyl (C=O) groups is 3. The van der Waals surface area contributed by atoms with Crippen molar-refractivity contribution in [2.75, 3.05) is 33.4 Å². The van der Waals surface area contributed by atoms with Crippen LogP contribution in [0.25, 0.3) is 0 Å². The normalized spacial score (nSPS) is 16.4. The van der Waals surface area contributed by atoms with E-state index in [4.69, 9.17) is 21.7 Å². The third kappa shape index (κ3) is 5.73. The molecule has 0 radical (unpaired) electrons. The first-order valence-corrected chi connectivity index (χ1v) is 8.94. The maximum atomic E-state index is 12.5. The minimum absolute atomic E-state index is 0.104. The fourth-order valence-electron chi connectivity index (χ4n) is 2.68. The van der Waals surface area contributed by atoms with Crippen LogP contribution in [0.3, 0.4) is 0 Å². The number of esters is 1. The highest BCUT2D eigenvalue weighted by Gasteiger charge is 2.34. The van der Waals surface area contributed by atoms with Gasteiger partial charge >= 0.3 is 5.97 Å². The lowest BCUT2D eigenvalue weighted by Crippen LogP contribution is -2.60. The smallest absolute Gasteiger partial charge is 0.308 e. The Morgan fingerprint density at radius 3 is 2.78 bits per heavy atom. The predicted molar refractivity (Wildman–Crippen MR) is 102 cm³/mol. The van der Waals surface area contributed by atoms with Crippen molar-refractivity contribution in [3.05, 3.63) is 35.4 Å². The van der Waals surface area contributed by atoms with Crippen molar-refractivity contribution in [2.24, 2.45) is 0 Å². The highest BCUT2D eigenvalue weighted by Crippen LogP contribution is 2.12. The van der Waals surface area contributed by atoms with Gasteiger partial charge in [-0.05, 0) is 30.8 Å². The summed E-state index contributed by atoms with van der Waals surface area (Å²) in [5, 5.41) is 5.45. The second-order valence-corrected chi connectivity index (χ2v) is 6.38. The molecule has 0 saturated carbocycles. The fraction of sp³-hybridized carbons (Fsp3) is 0.444. The predicted octanol–water partition coefficient (Wildman–Crippen LogP) is 0.390. The second kappa shape index (κ2) is 9.98. The van der Waals surface area contributed by atoms with E-state index < -0.39 is 12.0 Å². The Morgan fingerprint density at radius 1 is 1.33 bits per heavy atom. The summed E-state index contributed by atoms with van der Waals surface area (Å²) in [6.45, 7) is 2.96. The first-order valence-electron chi connectivity index (χ1n) is 8.54. The molecule has 1 aromatic rings. The molecule has 1 saturated heterocycles. The molecular weight excluding hydrogens is 370 g/mol. The number of nitrogens with zero attached hydrogens (tertiary/aromatic N) is 1. The molecule has 1 heterocycles. The number of thiocarbonyl (C=S) groups is 1. The molecule has 0 bridgehead atoms. The Kier molecular flexibility index (Phi) is 7.68. The van der Waals surface area contributed by atoms with Crippen molar-refractivity contribution < 1.29 is 23.9 Å². The molecule has 2 N–H and O–H groups in total. The van der Waals surface area contributed by atoms with Crippen molar-refractivity contribution in [1.82, 2.24) is 15.5 Å². The van der Waals surface area contributed by atoms with Gasteiger partial charge < -0.3 is 19.7 Å². The zero-order chi connectivity index (χ0) is 19.8. The van der Waals surface area contributed by atoms with E-state index in [1.54, 1.807) is 17.0 Å². The third-order valence-electron chi connectivity index (χ3n) is 4.11. The van der Waals surface area contributed by atoms with Gasteiger partial charge in [-0.1, -0.05) is 18.2 Å². The van der Waals surface area contributed by atoms with Crippen LogP contribution in [0.2, 0.25) is 0 Å². The summed E-state index contributed by atoms with van der Waals surface area (Å²) in [5.74, 6) is -1.23. The maximum Gasteiger partial charge on any atom is 0.308 e. The van der Waals surface area contributed by atoms with Crippen molar-refractivity contribution in [2.45, 2.75) is 19.4 Å². The number of piperazine rings is 1. The largest absolute Gasteiger partial charge is 0.463 e. The summed E-state index contributed by atoms with van der Waals surface area (Å²) >= 11 is 5.32. The van der Waals surface area contributed by atoms with Crippen LogP contribution >= 0.6 is 12.2 Å². The topological polar surface area (TPSA) is 97.0 Å². The average Bonchev–Trinajstić information content (AvgIpc) is 2.63. The first-order chi connectivity index (χ1) is 12.9. The van der Waals surface area contributed by atoms with Gasteiger partial charge in [0.1, 0.15) is 12.6 Å². The van der Waals surface area contributed by atoms with E-state index in [-0.39, 0.29) is 36.6 Å². The molecule has 0 aromatic heterocycles. The van der Waals surface area contributed by atoms with E-state index in [2.05, 4.69) is 10.6 Å². The number of benzene rings is 1. The molecule has 8 nitrogen and oxygen atoms in total. The number of rotatable bonds is 6. The molecule has 1 aliphatic heterocycles. The lowest BCUT2D eigenvalue weighted by Gasteiger charge is -2.36. The monoisotopic (exact) mass is 393 g/mol. The van der Waals surface area contributed by atoms with Crippen LogP contribution in [0.4, 0.5) is 0 Å². The molecule has 9 heteroatoms. The van der Waals surface area contributed by atoms with Gasteiger partial charge in [-0.15, -0.1) is 0 Å². The highest BCUT2D eigenvalue weighted by atomic mass is 32.1. The van der Waals surface area contributed by atoms with Crippen LogP contribution in [-0.4, -0.2) is 67.3 Å². The summed E-state index contributed by atoms with van der Waals surface area (Å²) in [6.07, 6.45) is -0.171. The van der Waals surface area contributed by atoms with Gasteiger partial charge in [-0.3, -0.25) is 19.7 Å². The molecule has 146 valence electrons. The van der Waals surface area contributed by atoms with Crippen LogP contribution in [0, 0.1) is 6.92 Å². The van der Waals surface area contributed by atoms with Gasteiger partial charge in [0.25, 0.3) is 5.91 Å². The van der Waals surface area contributed by atoms with E-state index in [1.807, 2.05) is 19.1 Å². The molecule has 0 spiro atoms. The van der Waals surface area contributed by atoms with Crippen LogP contribution in [-0.2, 0) is 19.1 Å². The van der Waals surface area contributed by atoms with Gasteiger partial charge in [-0.2, -0.15) is 0 Å². The number of hydrogen-bond acceptors (Lipinski definition) is 6. The average molecular weight is 393 g/mol. The van der Waals surface area contributed by atoms with Crippen LogP contribution in [0.5, 0.6) is 0 Å². The molecule has 1 atom stereocenters. The Hall–Kier alpha value is -2.52. The number of methoxy groups -OCH3 is 1. The Labute approximate surface area is 163 Å². The van der Waals surface area contributed by atoms with Gasteiger partial charge in [-0.25, -0.2) is 0 Å². The zero-order valence-corrected chi connectivity index (χ0v) is 16.1. The Morgan fingerprint density at radius 2 is 2.07 bits per heavy atom. The van der Waals surface area contributed by atoms with Gasteiger partial charge in [0.2, 0.25) is 5.91 Å². The van der Waals surface area contributed by atoms with E-state index in [0.29, 0.717) is 18.7 Å². The van der Waals surface area contributed by atoms with E-state index >= 15 is 0 Å².